The Labute approximate surface area is 217 Å². The second kappa shape index (κ2) is 11.9. The van der Waals surface area contributed by atoms with E-state index in [2.05, 4.69) is 10.3 Å². The van der Waals surface area contributed by atoms with Gasteiger partial charge in [0.15, 0.2) is 17.7 Å². The Morgan fingerprint density at radius 3 is 2.45 bits per heavy atom. The van der Waals surface area contributed by atoms with Crippen molar-refractivity contribution in [2.75, 3.05) is 6.61 Å². The molecule has 2 N–H and O–H groups in total. The molecule has 0 bridgehead atoms. The zero-order valence-corrected chi connectivity index (χ0v) is 21.0. The molecule has 1 amide bonds. The zero-order valence-electron chi connectivity index (χ0n) is 21.0. The standard InChI is InChI=1S/C27H27F3N4O4/c1-16(36)25-33-23(15-34(25)3)19-6-4-18(5-7-19)12-22(10-11-35)32-26(37)20-8-9-24(21(13-20)14-31)38-17(2)27(28,29)30/h4-9,13,15,17,22,35H,10-12H2,1-3H3,(H,32,37). The fraction of sp³-hybridized carbons (Fsp3) is 0.333. The Kier molecular flexibility index (Phi) is 8.91. The molecular formula is C27H27F3N4O4. The third-order valence-corrected chi connectivity index (χ3v) is 5.86. The van der Waals surface area contributed by atoms with E-state index in [1.807, 2.05) is 24.3 Å². The first-order chi connectivity index (χ1) is 17.9. The van der Waals surface area contributed by atoms with Gasteiger partial charge in [0.1, 0.15) is 11.8 Å². The van der Waals surface area contributed by atoms with Crippen LogP contribution in [0.1, 0.15) is 52.4 Å². The van der Waals surface area contributed by atoms with Crippen molar-refractivity contribution < 1.29 is 32.6 Å². The second-order valence-corrected chi connectivity index (χ2v) is 8.82. The number of benzene rings is 2. The number of nitrogens with one attached hydrogen (secondary N) is 1. The number of alkyl halides is 3. The Morgan fingerprint density at radius 1 is 1.21 bits per heavy atom. The highest BCUT2D eigenvalue weighted by Gasteiger charge is 2.38. The number of carbonyl (C=O) groups excluding carboxylic acids is 2. The number of ether oxygens (including phenoxy) is 1. The van der Waals surface area contributed by atoms with Crippen molar-refractivity contribution in [1.82, 2.24) is 14.9 Å². The first kappa shape index (κ1) is 28.4. The van der Waals surface area contributed by atoms with E-state index < -0.39 is 24.2 Å². The van der Waals surface area contributed by atoms with Crippen molar-refractivity contribution in [3.05, 3.63) is 71.2 Å². The molecule has 0 fully saturated rings. The number of imidazole rings is 1. The number of rotatable bonds is 10. The highest BCUT2D eigenvalue weighted by molar-refractivity contribution is 5.95. The van der Waals surface area contributed by atoms with Crippen LogP contribution in [0.4, 0.5) is 13.2 Å². The Bertz CT molecular complexity index is 1340. The van der Waals surface area contributed by atoms with Crippen LogP contribution in [-0.4, -0.2) is 51.3 Å². The van der Waals surface area contributed by atoms with Crippen molar-refractivity contribution in [2.24, 2.45) is 7.05 Å². The summed E-state index contributed by atoms with van der Waals surface area (Å²) in [5.74, 6) is -0.608. The Balaban J connectivity index is 1.71. The van der Waals surface area contributed by atoms with E-state index >= 15 is 0 Å². The molecule has 8 nitrogen and oxygen atoms in total. The molecule has 0 spiro atoms. The summed E-state index contributed by atoms with van der Waals surface area (Å²) in [4.78, 5) is 28.9. The lowest BCUT2D eigenvalue weighted by Gasteiger charge is -2.20. The van der Waals surface area contributed by atoms with Gasteiger partial charge in [0.25, 0.3) is 5.91 Å². The van der Waals surface area contributed by atoms with Crippen LogP contribution in [0, 0.1) is 11.3 Å². The monoisotopic (exact) mass is 528 g/mol. The van der Waals surface area contributed by atoms with Crippen LogP contribution < -0.4 is 10.1 Å². The van der Waals surface area contributed by atoms with E-state index in [4.69, 9.17) is 4.74 Å². The van der Waals surface area contributed by atoms with E-state index in [-0.39, 0.29) is 35.7 Å². The van der Waals surface area contributed by atoms with Crippen LogP contribution in [0.25, 0.3) is 11.3 Å². The van der Waals surface area contributed by atoms with Crippen LogP contribution in [0.5, 0.6) is 5.75 Å². The number of amides is 1. The number of nitrogens with zero attached hydrogens (tertiary/aromatic N) is 3. The molecule has 2 unspecified atom stereocenters. The number of nitriles is 1. The van der Waals surface area contributed by atoms with Crippen molar-refractivity contribution >= 4 is 11.7 Å². The summed E-state index contributed by atoms with van der Waals surface area (Å²) in [5, 5.41) is 21.6. The van der Waals surface area contributed by atoms with Gasteiger partial charge < -0.3 is 19.7 Å². The summed E-state index contributed by atoms with van der Waals surface area (Å²) >= 11 is 0. The van der Waals surface area contributed by atoms with Crippen LogP contribution >= 0.6 is 0 Å². The van der Waals surface area contributed by atoms with Gasteiger partial charge in [0, 0.05) is 43.9 Å². The summed E-state index contributed by atoms with van der Waals surface area (Å²) in [5.41, 5.74) is 2.20. The van der Waals surface area contributed by atoms with Crippen molar-refractivity contribution in [1.29, 1.82) is 5.26 Å². The smallest absolute Gasteiger partial charge is 0.425 e. The number of ketones is 1. The second-order valence-electron chi connectivity index (χ2n) is 8.82. The highest BCUT2D eigenvalue weighted by atomic mass is 19.4. The molecule has 0 aliphatic carbocycles. The predicted octanol–water partition coefficient (Wildman–Crippen LogP) is 4.21. The average molecular weight is 529 g/mol. The number of Topliss-reactive ketones (excluding diaryl/α,β-unsaturated/α-hetero) is 1. The van der Waals surface area contributed by atoms with Gasteiger partial charge in [-0.15, -0.1) is 0 Å². The van der Waals surface area contributed by atoms with E-state index in [1.165, 1.54) is 19.1 Å². The van der Waals surface area contributed by atoms with Crippen molar-refractivity contribution in [3.63, 3.8) is 0 Å². The minimum Gasteiger partial charge on any atom is -0.480 e. The van der Waals surface area contributed by atoms with Gasteiger partial charge in [-0.2, -0.15) is 18.4 Å². The quantitative estimate of drug-likeness (QED) is 0.381. The number of aliphatic hydroxyl groups is 1. The van der Waals surface area contributed by atoms with Gasteiger partial charge in [-0.1, -0.05) is 24.3 Å². The van der Waals surface area contributed by atoms with E-state index in [1.54, 1.807) is 23.9 Å². The molecular weight excluding hydrogens is 501 g/mol. The first-order valence-electron chi connectivity index (χ1n) is 11.8. The Morgan fingerprint density at radius 2 is 1.89 bits per heavy atom. The third-order valence-electron chi connectivity index (χ3n) is 5.86. The lowest BCUT2D eigenvalue weighted by molar-refractivity contribution is -0.189. The lowest BCUT2D eigenvalue weighted by atomic mass is 10.0. The molecule has 0 saturated carbocycles. The molecule has 0 saturated heterocycles. The molecule has 3 rings (SSSR count). The number of aromatic nitrogens is 2. The molecule has 11 heteroatoms. The van der Waals surface area contributed by atoms with Crippen LogP contribution in [-0.2, 0) is 13.5 Å². The minimum absolute atomic E-state index is 0.0725. The van der Waals surface area contributed by atoms with Gasteiger partial charge in [-0.05, 0) is 43.5 Å². The van der Waals surface area contributed by atoms with Crippen LogP contribution in [0.3, 0.4) is 0 Å². The van der Waals surface area contributed by atoms with Gasteiger partial charge in [0.05, 0.1) is 11.3 Å². The summed E-state index contributed by atoms with van der Waals surface area (Å²) in [6.45, 7) is 2.09. The zero-order chi connectivity index (χ0) is 28.0. The largest absolute Gasteiger partial charge is 0.480 e. The summed E-state index contributed by atoms with van der Waals surface area (Å²) in [6, 6.07) is 12.3. The van der Waals surface area contributed by atoms with Crippen LogP contribution in [0.2, 0.25) is 0 Å². The van der Waals surface area contributed by atoms with E-state index in [0.717, 1.165) is 24.1 Å². The molecule has 0 aliphatic heterocycles. The van der Waals surface area contributed by atoms with Crippen LogP contribution in [0.15, 0.2) is 48.7 Å². The molecule has 0 aliphatic rings. The maximum atomic E-state index is 12.8. The molecule has 1 aromatic heterocycles. The molecule has 2 aromatic carbocycles. The topological polar surface area (TPSA) is 117 Å². The molecule has 1 heterocycles. The number of aliphatic hydroxyl groups excluding tert-OH is 1. The van der Waals surface area contributed by atoms with Gasteiger partial charge in [-0.3, -0.25) is 9.59 Å². The highest BCUT2D eigenvalue weighted by Crippen LogP contribution is 2.28. The predicted molar refractivity (Wildman–Crippen MR) is 133 cm³/mol. The summed E-state index contributed by atoms with van der Waals surface area (Å²) in [6.07, 6.45) is -4.32. The number of halogens is 3. The molecule has 2 atom stereocenters. The van der Waals surface area contributed by atoms with Crippen molar-refractivity contribution in [2.45, 2.75) is 45.0 Å². The van der Waals surface area contributed by atoms with Crippen molar-refractivity contribution in [3.8, 4) is 23.1 Å². The number of carbonyl (C=O) groups is 2. The first-order valence-corrected chi connectivity index (χ1v) is 11.8. The SMILES string of the molecule is CC(=O)c1nc(-c2ccc(CC(CCO)NC(=O)c3ccc(OC(C)C(F)(F)F)c(C#N)c3)cc2)cn1C. The average Bonchev–Trinajstić information content (AvgIpc) is 3.26. The summed E-state index contributed by atoms with van der Waals surface area (Å²) in [7, 11) is 1.74. The number of hydrogen-bond donors (Lipinski definition) is 2. The fourth-order valence-electron chi connectivity index (χ4n) is 3.80. The lowest BCUT2D eigenvalue weighted by Crippen LogP contribution is -2.37. The fourth-order valence-corrected chi connectivity index (χ4v) is 3.80. The van der Waals surface area contributed by atoms with Gasteiger partial charge in [-0.25, -0.2) is 4.98 Å². The minimum atomic E-state index is -4.60. The normalized spacial score (nSPS) is 12.9. The molecule has 3 aromatic rings. The number of aryl methyl sites for hydroxylation is 1. The maximum Gasteiger partial charge on any atom is 0.425 e. The Hall–Kier alpha value is -4.17. The van der Waals surface area contributed by atoms with E-state index in [0.29, 0.717) is 17.9 Å². The molecule has 38 heavy (non-hydrogen) atoms. The number of hydrogen-bond acceptors (Lipinski definition) is 6. The van der Waals surface area contributed by atoms with E-state index in [9.17, 15) is 33.1 Å². The molecule has 0 radical (unpaired) electrons. The third kappa shape index (κ3) is 6.98. The van der Waals surface area contributed by atoms with Gasteiger partial charge in [0.2, 0.25) is 0 Å². The summed E-state index contributed by atoms with van der Waals surface area (Å²) < 4.78 is 45.0. The molecule has 200 valence electrons. The maximum absolute atomic E-state index is 12.8. The van der Waals surface area contributed by atoms with Gasteiger partial charge >= 0.3 is 6.18 Å².